The van der Waals surface area contributed by atoms with Crippen LogP contribution < -0.4 is 22.4 Å². The van der Waals surface area contributed by atoms with Crippen molar-refractivity contribution in [2.45, 2.75) is 39.7 Å². The Morgan fingerprint density at radius 1 is 1.43 bits per heavy atom. The van der Waals surface area contributed by atoms with E-state index in [4.69, 9.17) is 5.73 Å². The van der Waals surface area contributed by atoms with E-state index in [1.165, 1.54) is 0 Å². The Bertz CT molecular complexity index is 659. The van der Waals surface area contributed by atoms with Gasteiger partial charge in [0.05, 0.1) is 5.71 Å². The van der Waals surface area contributed by atoms with Gasteiger partial charge in [-0.1, -0.05) is 20.3 Å². The number of aromatic nitrogens is 2. The molecule has 0 bridgehead atoms. The molecule has 1 aromatic rings. The second-order valence-corrected chi connectivity index (χ2v) is 4.35. The summed E-state index contributed by atoms with van der Waals surface area (Å²) in [6, 6.07) is -0.892. The highest BCUT2D eigenvalue weighted by atomic mass is 16.3. The van der Waals surface area contributed by atoms with E-state index >= 15 is 0 Å². The maximum atomic E-state index is 11.9. The minimum Gasteiger partial charge on any atom is -0.494 e. The van der Waals surface area contributed by atoms with E-state index in [1.807, 2.05) is 12.3 Å². The average molecular weight is 297 g/mol. The lowest BCUT2D eigenvalue weighted by Gasteiger charge is -2.11. The predicted molar refractivity (Wildman–Crippen MR) is 77.4 cm³/mol. The van der Waals surface area contributed by atoms with Crippen LogP contribution in [-0.4, -0.2) is 26.4 Å². The summed E-state index contributed by atoms with van der Waals surface area (Å²) in [7, 11) is 0. The summed E-state index contributed by atoms with van der Waals surface area (Å²) in [4.78, 5) is 36.4. The second-order valence-electron chi connectivity index (χ2n) is 4.35. The van der Waals surface area contributed by atoms with Crippen LogP contribution in [0.2, 0.25) is 0 Å². The number of nitrogens with one attached hydrogen (secondary N) is 2. The monoisotopic (exact) mass is 297 g/mol. The number of carbonyl (C=O) groups is 1. The Morgan fingerprint density at radius 2 is 2.10 bits per heavy atom. The molecule has 0 atom stereocenters. The van der Waals surface area contributed by atoms with E-state index in [9.17, 15) is 19.5 Å². The Balaban J connectivity index is 3.40. The number of aromatic amines is 1. The van der Waals surface area contributed by atoms with Gasteiger partial charge in [0.25, 0.3) is 5.56 Å². The Morgan fingerprint density at radius 3 is 2.62 bits per heavy atom. The van der Waals surface area contributed by atoms with Crippen LogP contribution in [0.15, 0.2) is 14.7 Å². The number of unbranched alkanes of at least 4 members (excludes halogenated alkanes) is 1. The molecule has 0 radical (unpaired) electrons. The molecule has 1 rings (SSSR count). The van der Waals surface area contributed by atoms with E-state index < -0.39 is 23.2 Å². The van der Waals surface area contributed by atoms with Crippen molar-refractivity contribution in [1.29, 1.82) is 0 Å². The molecule has 1 heterocycles. The summed E-state index contributed by atoms with van der Waals surface area (Å²) in [6.07, 6.45) is 1.73. The highest BCUT2D eigenvalue weighted by Gasteiger charge is 2.18. The van der Waals surface area contributed by atoms with Crippen molar-refractivity contribution in [3.8, 4) is 5.88 Å². The third-order valence-corrected chi connectivity index (χ3v) is 2.83. The SMILES string of the molecule is CCCCn1c(O)c(C(CC)=NNC(N)=O)c(=O)[nH]c1=O. The first-order valence-electron chi connectivity index (χ1n) is 6.60. The van der Waals surface area contributed by atoms with Gasteiger partial charge in [0.2, 0.25) is 5.88 Å². The zero-order chi connectivity index (χ0) is 16.0. The minimum atomic E-state index is -0.892. The Kier molecular flexibility index (Phi) is 5.70. The van der Waals surface area contributed by atoms with Gasteiger partial charge in [0, 0.05) is 6.54 Å². The molecule has 0 unspecified atom stereocenters. The number of rotatable bonds is 6. The van der Waals surface area contributed by atoms with E-state index in [2.05, 4.69) is 10.1 Å². The smallest absolute Gasteiger partial charge is 0.332 e. The standard InChI is InChI=1S/C12H19N5O4/c1-3-5-6-17-10(19)8(9(18)14-12(17)21)7(4-2)15-16-11(13)20/h19H,3-6H2,1-2H3,(H3,13,16,20)(H,14,18,21). The van der Waals surface area contributed by atoms with Gasteiger partial charge in [0.15, 0.2) is 0 Å². The van der Waals surface area contributed by atoms with Gasteiger partial charge >= 0.3 is 11.7 Å². The van der Waals surface area contributed by atoms with Crippen LogP contribution in [0.1, 0.15) is 38.7 Å². The Labute approximate surface area is 120 Å². The van der Waals surface area contributed by atoms with Crippen molar-refractivity contribution < 1.29 is 9.90 Å². The van der Waals surface area contributed by atoms with Gasteiger partial charge in [0.1, 0.15) is 5.56 Å². The minimum absolute atomic E-state index is 0.123. The molecule has 1 aromatic heterocycles. The van der Waals surface area contributed by atoms with Crippen molar-refractivity contribution in [1.82, 2.24) is 15.0 Å². The first-order chi connectivity index (χ1) is 9.92. The van der Waals surface area contributed by atoms with Crippen LogP contribution >= 0.6 is 0 Å². The summed E-state index contributed by atoms with van der Waals surface area (Å²) in [5.74, 6) is -0.468. The molecule has 0 fully saturated rings. The highest BCUT2D eigenvalue weighted by molar-refractivity contribution is 6.02. The van der Waals surface area contributed by atoms with E-state index in [1.54, 1.807) is 6.92 Å². The van der Waals surface area contributed by atoms with Crippen LogP contribution in [0, 0.1) is 0 Å². The van der Waals surface area contributed by atoms with Gasteiger partial charge in [-0.15, -0.1) is 0 Å². The predicted octanol–water partition coefficient (Wildman–Crippen LogP) is -0.175. The topological polar surface area (TPSA) is 143 Å². The van der Waals surface area contributed by atoms with Crippen LogP contribution in [0.25, 0.3) is 0 Å². The molecular weight excluding hydrogens is 278 g/mol. The van der Waals surface area contributed by atoms with Crippen LogP contribution in [0.5, 0.6) is 5.88 Å². The maximum absolute atomic E-state index is 11.9. The largest absolute Gasteiger partial charge is 0.494 e. The van der Waals surface area contributed by atoms with Gasteiger partial charge in [-0.2, -0.15) is 5.10 Å². The molecule has 2 amide bonds. The number of hydrogen-bond donors (Lipinski definition) is 4. The lowest BCUT2D eigenvalue weighted by atomic mass is 10.1. The molecule has 5 N–H and O–H groups in total. The zero-order valence-electron chi connectivity index (χ0n) is 12.0. The first-order valence-corrected chi connectivity index (χ1v) is 6.60. The summed E-state index contributed by atoms with van der Waals surface area (Å²) in [6.45, 7) is 3.89. The van der Waals surface area contributed by atoms with Crippen LogP contribution in [0.3, 0.4) is 0 Å². The third kappa shape index (κ3) is 3.94. The molecule has 0 aliphatic heterocycles. The third-order valence-electron chi connectivity index (χ3n) is 2.83. The van der Waals surface area contributed by atoms with Crippen molar-refractivity contribution in [2.75, 3.05) is 0 Å². The van der Waals surface area contributed by atoms with Crippen molar-refractivity contribution in [2.24, 2.45) is 10.8 Å². The highest BCUT2D eigenvalue weighted by Crippen LogP contribution is 2.13. The molecular formula is C12H19N5O4. The molecule has 9 nitrogen and oxygen atoms in total. The van der Waals surface area contributed by atoms with Gasteiger partial charge in [-0.3, -0.25) is 14.3 Å². The average Bonchev–Trinajstić information content (AvgIpc) is 2.41. The Hall–Kier alpha value is -2.58. The lowest BCUT2D eigenvalue weighted by Crippen LogP contribution is -2.35. The van der Waals surface area contributed by atoms with Gasteiger partial charge in [-0.05, 0) is 12.8 Å². The number of hydrogen-bond acceptors (Lipinski definition) is 5. The number of primary amides is 1. The number of amides is 2. The van der Waals surface area contributed by atoms with Gasteiger partial charge < -0.3 is 10.8 Å². The fraction of sp³-hybridized carbons (Fsp3) is 0.500. The molecule has 116 valence electrons. The molecule has 21 heavy (non-hydrogen) atoms. The van der Waals surface area contributed by atoms with E-state index in [-0.39, 0.29) is 24.2 Å². The number of hydrazone groups is 1. The number of H-pyrrole nitrogens is 1. The van der Waals surface area contributed by atoms with Gasteiger partial charge in [-0.25, -0.2) is 15.0 Å². The summed E-state index contributed by atoms with van der Waals surface area (Å²) in [5.41, 5.74) is 5.43. The number of nitrogens with zero attached hydrogens (tertiary/aromatic N) is 2. The number of aromatic hydroxyl groups is 1. The van der Waals surface area contributed by atoms with E-state index in [0.29, 0.717) is 6.42 Å². The van der Waals surface area contributed by atoms with Crippen LogP contribution in [0.4, 0.5) is 4.79 Å². The number of urea groups is 1. The molecule has 0 saturated heterocycles. The fourth-order valence-electron chi connectivity index (χ4n) is 1.78. The summed E-state index contributed by atoms with van der Waals surface area (Å²) in [5, 5.41) is 13.8. The summed E-state index contributed by atoms with van der Waals surface area (Å²) < 4.78 is 1.07. The van der Waals surface area contributed by atoms with E-state index in [0.717, 1.165) is 11.0 Å². The molecule has 0 spiro atoms. The molecule has 0 aromatic carbocycles. The molecule has 0 saturated carbocycles. The quantitative estimate of drug-likeness (QED) is 0.427. The maximum Gasteiger partial charge on any atom is 0.332 e. The lowest BCUT2D eigenvalue weighted by molar-refractivity contribution is 0.249. The first kappa shape index (κ1) is 16.5. The second kappa shape index (κ2) is 7.27. The molecule has 9 heteroatoms. The molecule has 0 aliphatic rings. The molecule has 0 aliphatic carbocycles. The summed E-state index contributed by atoms with van der Waals surface area (Å²) >= 11 is 0. The number of nitrogens with two attached hydrogens (primary N) is 1. The fourth-order valence-corrected chi connectivity index (χ4v) is 1.78. The van der Waals surface area contributed by atoms with Crippen molar-refractivity contribution in [3.63, 3.8) is 0 Å². The normalized spacial score (nSPS) is 11.4. The van der Waals surface area contributed by atoms with Crippen molar-refractivity contribution >= 4 is 11.7 Å². The van der Waals surface area contributed by atoms with Crippen molar-refractivity contribution in [3.05, 3.63) is 26.4 Å². The number of carbonyl (C=O) groups excluding carboxylic acids is 1. The van der Waals surface area contributed by atoms with Crippen LogP contribution in [-0.2, 0) is 6.54 Å². The zero-order valence-corrected chi connectivity index (χ0v) is 12.0.